The predicted molar refractivity (Wildman–Crippen MR) is 78.0 cm³/mol. The van der Waals surface area contributed by atoms with Crippen LogP contribution in [0.4, 0.5) is 0 Å². The van der Waals surface area contributed by atoms with Gasteiger partial charge in [-0.05, 0) is 18.9 Å². The van der Waals surface area contributed by atoms with E-state index < -0.39 is 5.91 Å². The van der Waals surface area contributed by atoms with Crippen LogP contribution in [0.1, 0.15) is 39.3 Å². The van der Waals surface area contributed by atoms with Crippen molar-refractivity contribution >= 4 is 23.2 Å². The number of nitrogens with two attached hydrogens (primary N) is 1. The monoisotopic (exact) mass is 293 g/mol. The summed E-state index contributed by atoms with van der Waals surface area (Å²) in [7, 11) is 0. The van der Waals surface area contributed by atoms with Gasteiger partial charge in [-0.3, -0.25) is 14.5 Å². The first-order valence-electron chi connectivity index (χ1n) is 7.07. The molecule has 0 spiro atoms. The number of amides is 2. The highest BCUT2D eigenvalue weighted by Gasteiger charge is 2.30. The van der Waals surface area contributed by atoms with Gasteiger partial charge in [-0.2, -0.15) is 0 Å². The molecule has 1 aromatic rings. The zero-order valence-corrected chi connectivity index (χ0v) is 12.2. The molecular weight excluding hydrogens is 274 g/mol. The zero-order valence-electron chi connectivity index (χ0n) is 11.4. The summed E-state index contributed by atoms with van der Waals surface area (Å²) >= 11 is 1.30. The van der Waals surface area contributed by atoms with E-state index in [0.29, 0.717) is 10.4 Å². The molecule has 2 amide bonds. The Kier molecular flexibility index (Phi) is 3.76. The van der Waals surface area contributed by atoms with Crippen molar-refractivity contribution in [2.45, 2.75) is 25.3 Å². The highest BCUT2D eigenvalue weighted by molar-refractivity contribution is 7.12. The van der Waals surface area contributed by atoms with E-state index in [1.807, 2.05) is 4.90 Å². The quantitative estimate of drug-likeness (QED) is 0.909. The summed E-state index contributed by atoms with van der Waals surface area (Å²) in [6, 6.07) is 2.35. The molecule has 3 rings (SSSR count). The third-order valence-corrected chi connectivity index (χ3v) is 5.21. The minimum Gasteiger partial charge on any atom is -0.366 e. The van der Waals surface area contributed by atoms with E-state index in [-0.39, 0.29) is 5.91 Å². The number of piperazine rings is 1. The first-order valence-corrected chi connectivity index (χ1v) is 7.95. The van der Waals surface area contributed by atoms with Crippen LogP contribution in [0.5, 0.6) is 0 Å². The van der Waals surface area contributed by atoms with E-state index in [9.17, 15) is 9.59 Å². The molecule has 20 heavy (non-hydrogen) atoms. The number of hydrogen-bond donors (Lipinski definition) is 1. The first-order chi connectivity index (χ1) is 9.65. The van der Waals surface area contributed by atoms with Gasteiger partial charge in [-0.25, -0.2) is 0 Å². The Labute approximate surface area is 122 Å². The average Bonchev–Trinajstić information content (AvgIpc) is 2.86. The lowest BCUT2D eigenvalue weighted by Crippen LogP contribution is -2.53. The number of hydrogen-bond acceptors (Lipinski definition) is 4. The summed E-state index contributed by atoms with van der Waals surface area (Å²) in [6.45, 7) is 3.48. The van der Waals surface area contributed by atoms with E-state index in [2.05, 4.69) is 4.90 Å². The Morgan fingerprint density at radius 2 is 1.90 bits per heavy atom. The van der Waals surface area contributed by atoms with Gasteiger partial charge in [-0.15, -0.1) is 11.3 Å². The number of carbonyl (C=O) groups is 2. The standard InChI is InChI=1S/C14H19N3O2S/c15-13(18)10-8-12(20-9-10)14(19)17-6-4-16(5-7-17)11-2-1-3-11/h8-9,11H,1-7H2,(H2,15,18). The largest absolute Gasteiger partial charge is 0.366 e. The van der Waals surface area contributed by atoms with E-state index in [4.69, 9.17) is 5.73 Å². The van der Waals surface area contributed by atoms with E-state index >= 15 is 0 Å². The van der Waals surface area contributed by atoms with Crippen molar-refractivity contribution in [1.82, 2.24) is 9.80 Å². The minimum absolute atomic E-state index is 0.0239. The van der Waals surface area contributed by atoms with Crippen LogP contribution >= 0.6 is 11.3 Å². The average molecular weight is 293 g/mol. The Hall–Kier alpha value is -1.40. The van der Waals surface area contributed by atoms with Gasteiger partial charge in [0.1, 0.15) is 0 Å². The molecular formula is C14H19N3O2S. The maximum Gasteiger partial charge on any atom is 0.264 e. The second-order valence-electron chi connectivity index (χ2n) is 5.48. The van der Waals surface area contributed by atoms with Gasteiger partial charge < -0.3 is 10.6 Å². The van der Waals surface area contributed by atoms with Gasteiger partial charge in [0.05, 0.1) is 10.4 Å². The molecule has 2 aliphatic rings. The number of primary amides is 1. The Morgan fingerprint density at radius 3 is 2.40 bits per heavy atom. The van der Waals surface area contributed by atoms with Crippen LogP contribution in [0, 0.1) is 0 Å². The molecule has 1 aliphatic heterocycles. The normalized spacial score (nSPS) is 20.7. The van der Waals surface area contributed by atoms with Crippen molar-refractivity contribution in [2.75, 3.05) is 26.2 Å². The van der Waals surface area contributed by atoms with E-state index in [0.717, 1.165) is 32.2 Å². The second kappa shape index (κ2) is 5.54. The van der Waals surface area contributed by atoms with Gasteiger partial charge >= 0.3 is 0 Å². The highest BCUT2D eigenvalue weighted by Crippen LogP contribution is 2.26. The summed E-state index contributed by atoms with van der Waals surface area (Å²) < 4.78 is 0. The number of rotatable bonds is 3. The number of nitrogens with zero attached hydrogens (tertiary/aromatic N) is 2. The first kappa shape index (κ1) is 13.6. The van der Waals surface area contributed by atoms with Gasteiger partial charge in [0.15, 0.2) is 0 Å². The molecule has 0 aromatic carbocycles. The molecule has 2 fully saturated rings. The van der Waals surface area contributed by atoms with Crippen molar-refractivity contribution < 1.29 is 9.59 Å². The Bertz CT molecular complexity index is 516. The van der Waals surface area contributed by atoms with Crippen LogP contribution < -0.4 is 5.73 Å². The lowest BCUT2D eigenvalue weighted by atomic mass is 9.91. The molecule has 0 unspecified atom stereocenters. The van der Waals surface area contributed by atoms with Crippen molar-refractivity contribution in [3.63, 3.8) is 0 Å². The molecule has 0 atom stereocenters. The lowest BCUT2D eigenvalue weighted by molar-refractivity contribution is 0.0459. The van der Waals surface area contributed by atoms with Crippen LogP contribution in [-0.4, -0.2) is 53.8 Å². The summed E-state index contributed by atoms with van der Waals surface area (Å²) in [5, 5.41) is 1.65. The number of carbonyl (C=O) groups excluding carboxylic acids is 2. The SMILES string of the molecule is NC(=O)c1csc(C(=O)N2CCN(C3CCC3)CC2)c1. The van der Waals surface area contributed by atoms with Gasteiger partial charge in [0, 0.05) is 37.6 Å². The zero-order chi connectivity index (χ0) is 14.1. The van der Waals surface area contributed by atoms with Crippen LogP contribution in [0.3, 0.4) is 0 Å². The fourth-order valence-corrected chi connectivity index (χ4v) is 3.64. The fraction of sp³-hybridized carbons (Fsp3) is 0.571. The molecule has 1 aromatic heterocycles. The third kappa shape index (κ3) is 2.58. The fourth-order valence-electron chi connectivity index (χ4n) is 2.78. The molecule has 1 saturated carbocycles. The lowest BCUT2D eigenvalue weighted by Gasteiger charge is -2.42. The summed E-state index contributed by atoms with van der Waals surface area (Å²) in [6.07, 6.45) is 3.95. The molecule has 0 bridgehead atoms. The summed E-state index contributed by atoms with van der Waals surface area (Å²) in [5.74, 6) is -0.453. The molecule has 108 valence electrons. The maximum atomic E-state index is 12.4. The Balaban J connectivity index is 1.59. The van der Waals surface area contributed by atoms with Crippen molar-refractivity contribution in [3.05, 3.63) is 21.9 Å². The third-order valence-electron chi connectivity index (χ3n) is 4.29. The molecule has 1 aliphatic carbocycles. The van der Waals surface area contributed by atoms with Gasteiger partial charge in [-0.1, -0.05) is 6.42 Å². The highest BCUT2D eigenvalue weighted by atomic mass is 32.1. The van der Waals surface area contributed by atoms with Crippen LogP contribution in [0.2, 0.25) is 0 Å². The Morgan fingerprint density at radius 1 is 1.20 bits per heavy atom. The molecule has 1 saturated heterocycles. The second-order valence-corrected chi connectivity index (χ2v) is 6.39. The molecule has 6 heteroatoms. The minimum atomic E-state index is -0.477. The van der Waals surface area contributed by atoms with Crippen molar-refractivity contribution in [2.24, 2.45) is 5.73 Å². The van der Waals surface area contributed by atoms with Crippen molar-refractivity contribution in [1.29, 1.82) is 0 Å². The number of thiophene rings is 1. The topological polar surface area (TPSA) is 66.6 Å². The molecule has 2 heterocycles. The smallest absolute Gasteiger partial charge is 0.264 e. The molecule has 5 nitrogen and oxygen atoms in total. The maximum absolute atomic E-state index is 12.4. The van der Waals surface area contributed by atoms with Crippen molar-refractivity contribution in [3.8, 4) is 0 Å². The van der Waals surface area contributed by atoms with Crippen LogP contribution in [0.15, 0.2) is 11.4 Å². The molecule has 0 radical (unpaired) electrons. The van der Waals surface area contributed by atoms with E-state index in [1.165, 1.54) is 30.6 Å². The van der Waals surface area contributed by atoms with Gasteiger partial charge in [0.25, 0.3) is 5.91 Å². The summed E-state index contributed by atoms with van der Waals surface area (Å²) in [4.78, 5) is 28.4. The van der Waals surface area contributed by atoms with Gasteiger partial charge in [0.2, 0.25) is 5.91 Å². The van der Waals surface area contributed by atoms with E-state index in [1.54, 1.807) is 11.4 Å². The molecule has 2 N–H and O–H groups in total. The predicted octanol–water partition coefficient (Wildman–Crippen LogP) is 1.16. The van der Waals surface area contributed by atoms with Crippen LogP contribution in [-0.2, 0) is 0 Å². The summed E-state index contributed by atoms with van der Waals surface area (Å²) in [5.41, 5.74) is 5.64. The van der Waals surface area contributed by atoms with Crippen LogP contribution in [0.25, 0.3) is 0 Å².